The smallest absolute Gasteiger partial charge is 0.338 e. The Bertz CT molecular complexity index is 727. The van der Waals surface area contributed by atoms with Crippen molar-refractivity contribution in [3.05, 3.63) is 71.3 Å². The molecule has 2 rings (SSSR count). The highest BCUT2D eigenvalue weighted by atomic mass is 16.5. The Hall–Kier alpha value is -2.99. The number of methoxy groups -OCH3 is 1. The zero-order valence-corrected chi connectivity index (χ0v) is 13.2. The fourth-order valence-electron chi connectivity index (χ4n) is 1.99. The van der Waals surface area contributed by atoms with Crippen LogP contribution in [0.4, 0.5) is 0 Å². The number of hydrogen-bond donors (Lipinski definition) is 1. The van der Waals surface area contributed by atoms with Crippen LogP contribution in [0.25, 0.3) is 0 Å². The SMILES string of the molecule is COCc1cccc(C(=O)OCC(=O)NC(=O)c2ccccc2)c1. The molecule has 0 bridgehead atoms. The molecule has 0 unspecified atom stereocenters. The fourth-order valence-corrected chi connectivity index (χ4v) is 1.99. The second kappa shape index (κ2) is 8.59. The highest BCUT2D eigenvalue weighted by Gasteiger charge is 2.13. The normalized spacial score (nSPS) is 10.0. The molecule has 2 aromatic carbocycles. The number of imide groups is 1. The second-order valence-electron chi connectivity index (χ2n) is 4.95. The van der Waals surface area contributed by atoms with Gasteiger partial charge in [-0.05, 0) is 29.8 Å². The quantitative estimate of drug-likeness (QED) is 0.820. The lowest BCUT2D eigenvalue weighted by Gasteiger charge is -2.07. The first kappa shape index (κ1) is 17.4. The van der Waals surface area contributed by atoms with Gasteiger partial charge in [0.15, 0.2) is 6.61 Å². The molecule has 0 atom stereocenters. The zero-order chi connectivity index (χ0) is 17.4. The topological polar surface area (TPSA) is 81.7 Å². The summed E-state index contributed by atoms with van der Waals surface area (Å²) in [5.74, 6) is -1.88. The molecule has 6 heteroatoms. The van der Waals surface area contributed by atoms with Gasteiger partial charge in [0.1, 0.15) is 0 Å². The molecule has 0 heterocycles. The number of ether oxygens (including phenoxy) is 2. The van der Waals surface area contributed by atoms with Gasteiger partial charge in [0.25, 0.3) is 11.8 Å². The third-order valence-corrected chi connectivity index (χ3v) is 3.10. The minimum absolute atomic E-state index is 0.312. The molecule has 0 aliphatic rings. The number of carbonyl (C=O) groups excluding carboxylic acids is 3. The number of amides is 2. The molecule has 0 spiro atoms. The van der Waals surface area contributed by atoms with Crippen LogP contribution in [-0.4, -0.2) is 31.5 Å². The van der Waals surface area contributed by atoms with Crippen molar-refractivity contribution in [2.75, 3.05) is 13.7 Å². The summed E-state index contributed by atoms with van der Waals surface area (Å²) in [5, 5.41) is 2.16. The van der Waals surface area contributed by atoms with E-state index in [1.54, 1.807) is 55.6 Å². The van der Waals surface area contributed by atoms with Gasteiger partial charge in [-0.3, -0.25) is 14.9 Å². The molecule has 24 heavy (non-hydrogen) atoms. The Labute approximate surface area is 139 Å². The predicted molar refractivity (Wildman–Crippen MR) is 86.4 cm³/mol. The first-order valence-corrected chi connectivity index (χ1v) is 7.24. The van der Waals surface area contributed by atoms with Crippen molar-refractivity contribution in [1.29, 1.82) is 0 Å². The van der Waals surface area contributed by atoms with E-state index >= 15 is 0 Å². The zero-order valence-electron chi connectivity index (χ0n) is 13.2. The average molecular weight is 327 g/mol. The first-order chi connectivity index (χ1) is 11.6. The number of carbonyl (C=O) groups is 3. The third-order valence-electron chi connectivity index (χ3n) is 3.10. The lowest BCUT2D eigenvalue weighted by Crippen LogP contribution is -2.34. The third kappa shape index (κ3) is 5.03. The van der Waals surface area contributed by atoms with E-state index in [1.807, 2.05) is 6.07 Å². The van der Waals surface area contributed by atoms with Gasteiger partial charge in [0.2, 0.25) is 0 Å². The lowest BCUT2D eigenvalue weighted by atomic mass is 10.1. The summed E-state index contributed by atoms with van der Waals surface area (Å²) in [5.41, 5.74) is 1.48. The van der Waals surface area contributed by atoms with E-state index < -0.39 is 24.4 Å². The van der Waals surface area contributed by atoms with E-state index in [1.165, 1.54) is 0 Å². The van der Waals surface area contributed by atoms with Crippen LogP contribution in [0.2, 0.25) is 0 Å². The van der Waals surface area contributed by atoms with Gasteiger partial charge in [-0.1, -0.05) is 30.3 Å². The van der Waals surface area contributed by atoms with Crippen LogP contribution >= 0.6 is 0 Å². The van der Waals surface area contributed by atoms with E-state index in [2.05, 4.69) is 5.32 Å². The highest BCUT2D eigenvalue weighted by Crippen LogP contribution is 2.08. The molecule has 2 aromatic rings. The minimum Gasteiger partial charge on any atom is -0.452 e. The molecule has 0 aliphatic carbocycles. The van der Waals surface area contributed by atoms with Gasteiger partial charge in [0, 0.05) is 12.7 Å². The standard InChI is InChI=1S/C18H17NO5/c1-23-11-13-6-5-9-15(10-13)18(22)24-12-16(20)19-17(21)14-7-3-2-4-8-14/h2-10H,11-12H2,1H3,(H,19,20,21). The number of rotatable bonds is 6. The summed E-state index contributed by atoms with van der Waals surface area (Å²) in [7, 11) is 1.55. The monoisotopic (exact) mass is 327 g/mol. The number of esters is 1. The molecule has 0 saturated heterocycles. The molecule has 0 saturated carbocycles. The van der Waals surface area contributed by atoms with Crippen LogP contribution < -0.4 is 5.32 Å². The van der Waals surface area contributed by atoms with Crippen LogP contribution in [0.1, 0.15) is 26.3 Å². The molecule has 6 nitrogen and oxygen atoms in total. The first-order valence-electron chi connectivity index (χ1n) is 7.24. The van der Waals surface area contributed by atoms with Crippen LogP contribution in [-0.2, 0) is 20.9 Å². The summed E-state index contributed by atoms with van der Waals surface area (Å²) in [6.07, 6.45) is 0. The van der Waals surface area contributed by atoms with Gasteiger partial charge >= 0.3 is 5.97 Å². The van der Waals surface area contributed by atoms with Gasteiger partial charge in [-0.2, -0.15) is 0 Å². The van der Waals surface area contributed by atoms with E-state index in [0.717, 1.165) is 5.56 Å². The van der Waals surface area contributed by atoms with Crippen molar-refractivity contribution in [2.45, 2.75) is 6.61 Å². The van der Waals surface area contributed by atoms with E-state index in [9.17, 15) is 14.4 Å². The molecule has 0 radical (unpaired) electrons. The second-order valence-corrected chi connectivity index (χ2v) is 4.95. The van der Waals surface area contributed by atoms with E-state index in [0.29, 0.717) is 17.7 Å². The predicted octanol–water partition coefficient (Wildman–Crippen LogP) is 1.95. The Kier molecular flexibility index (Phi) is 6.22. The maximum atomic E-state index is 11.9. The molecule has 0 fully saturated rings. The summed E-state index contributed by atoms with van der Waals surface area (Å²) < 4.78 is 9.91. The van der Waals surface area contributed by atoms with Gasteiger partial charge < -0.3 is 9.47 Å². The van der Waals surface area contributed by atoms with Gasteiger partial charge in [-0.25, -0.2) is 4.79 Å². The number of benzene rings is 2. The van der Waals surface area contributed by atoms with Crippen LogP contribution in [0.5, 0.6) is 0 Å². The summed E-state index contributed by atoms with van der Waals surface area (Å²) >= 11 is 0. The summed E-state index contributed by atoms with van der Waals surface area (Å²) in [6.45, 7) is -0.168. The minimum atomic E-state index is -0.690. The molecule has 1 N–H and O–H groups in total. The molecule has 0 aliphatic heterocycles. The Morgan fingerprint density at radius 1 is 0.958 bits per heavy atom. The summed E-state index contributed by atoms with van der Waals surface area (Å²) in [6, 6.07) is 15.0. The van der Waals surface area contributed by atoms with Crippen molar-refractivity contribution < 1.29 is 23.9 Å². The largest absolute Gasteiger partial charge is 0.452 e. The van der Waals surface area contributed by atoms with Crippen molar-refractivity contribution >= 4 is 17.8 Å². The lowest BCUT2D eigenvalue weighted by molar-refractivity contribution is -0.123. The number of hydrogen-bond acceptors (Lipinski definition) is 5. The fraction of sp³-hybridized carbons (Fsp3) is 0.167. The highest BCUT2D eigenvalue weighted by molar-refractivity contribution is 6.05. The molecular formula is C18H17NO5. The number of nitrogens with one attached hydrogen (secondary N) is 1. The average Bonchev–Trinajstić information content (AvgIpc) is 2.61. The van der Waals surface area contributed by atoms with E-state index in [-0.39, 0.29) is 0 Å². The Morgan fingerprint density at radius 2 is 1.67 bits per heavy atom. The maximum Gasteiger partial charge on any atom is 0.338 e. The van der Waals surface area contributed by atoms with Gasteiger partial charge in [-0.15, -0.1) is 0 Å². The van der Waals surface area contributed by atoms with Crippen LogP contribution in [0, 0.1) is 0 Å². The van der Waals surface area contributed by atoms with Gasteiger partial charge in [0.05, 0.1) is 12.2 Å². The molecule has 0 aromatic heterocycles. The van der Waals surface area contributed by atoms with Crippen LogP contribution in [0.3, 0.4) is 0 Å². The molecule has 124 valence electrons. The van der Waals surface area contributed by atoms with Crippen molar-refractivity contribution in [3.63, 3.8) is 0 Å². The molecular weight excluding hydrogens is 310 g/mol. The maximum absolute atomic E-state index is 11.9. The van der Waals surface area contributed by atoms with Crippen molar-refractivity contribution in [3.8, 4) is 0 Å². The van der Waals surface area contributed by atoms with Crippen molar-refractivity contribution in [1.82, 2.24) is 5.32 Å². The molecule has 2 amide bonds. The Morgan fingerprint density at radius 3 is 2.38 bits per heavy atom. The Balaban J connectivity index is 1.86. The van der Waals surface area contributed by atoms with Crippen molar-refractivity contribution in [2.24, 2.45) is 0 Å². The summed E-state index contributed by atoms with van der Waals surface area (Å²) in [4.78, 5) is 35.4. The van der Waals surface area contributed by atoms with E-state index in [4.69, 9.17) is 9.47 Å². The van der Waals surface area contributed by atoms with Crippen LogP contribution in [0.15, 0.2) is 54.6 Å².